The molecule has 0 aliphatic carbocycles. The van der Waals surface area contributed by atoms with Crippen LogP contribution in [0.15, 0.2) is 72.8 Å². The summed E-state index contributed by atoms with van der Waals surface area (Å²) in [4.78, 5) is 43.2. The second kappa shape index (κ2) is 17.1. The standard InChI is InChI=1S/C36H47N3O7/c1-6-7-8-9-10-22-39(34(43)31(38-35(44)46-36(2,3)4)23-25-14-18-28(40)19-15-25)32(26-12-11-13-29(41)24-26)33(42)37-27-16-20-30(45-5)21-17-27/h11-21,24,31-32,40-41H,6-10,22-23H2,1-5H3,(H,37,42)(H,38,44). The molecule has 0 fully saturated rings. The van der Waals surface area contributed by atoms with Crippen LogP contribution in [-0.4, -0.2) is 58.3 Å². The molecular formula is C36H47N3O7. The van der Waals surface area contributed by atoms with Crippen LogP contribution in [0, 0.1) is 0 Å². The Morgan fingerprint density at radius 1 is 0.870 bits per heavy atom. The van der Waals surface area contributed by atoms with Gasteiger partial charge in [0.2, 0.25) is 5.91 Å². The number of nitrogens with one attached hydrogen (secondary N) is 2. The molecule has 0 saturated heterocycles. The Morgan fingerprint density at radius 2 is 1.54 bits per heavy atom. The van der Waals surface area contributed by atoms with E-state index in [0.29, 0.717) is 29.0 Å². The van der Waals surface area contributed by atoms with Crippen molar-refractivity contribution in [3.8, 4) is 17.2 Å². The summed E-state index contributed by atoms with van der Waals surface area (Å²) in [5.41, 5.74) is 0.788. The van der Waals surface area contributed by atoms with Gasteiger partial charge in [-0.3, -0.25) is 9.59 Å². The minimum Gasteiger partial charge on any atom is -0.508 e. The number of phenolic OH excluding ortho intramolecular Hbond substituents is 2. The molecule has 0 spiro atoms. The predicted octanol–water partition coefficient (Wildman–Crippen LogP) is 6.72. The summed E-state index contributed by atoms with van der Waals surface area (Å²) in [7, 11) is 1.55. The molecule has 0 heterocycles. The number of rotatable bonds is 15. The van der Waals surface area contributed by atoms with Crippen LogP contribution in [0.4, 0.5) is 10.5 Å². The largest absolute Gasteiger partial charge is 0.508 e. The summed E-state index contributed by atoms with van der Waals surface area (Å²) >= 11 is 0. The van der Waals surface area contributed by atoms with E-state index in [9.17, 15) is 24.6 Å². The Kier molecular flexibility index (Phi) is 13.3. The van der Waals surface area contributed by atoms with E-state index >= 15 is 0 Å². The third-order valence-corrected chi connectivity index (χ3v) is 7.25. The lowest BCUT2D eigenvalue weighted by Gasteiger charge is -2.34. The van der Waals surface area contributed by atoms with Crippen molar-refractivity contribution >= 4 is 23.6 Å². The van der Waals surface area contributed by atoms with Crippen molar-refractivity contribution in [1.29, 1.82) is 0 Å². The van der Waals surface area contributed by atoms with Crippen molar-refractivity contribution in [3.05, 3.63) is 83.9 Å². The molecule has 0 aliphatic rings. The maximum atomic E-state index is 14.6. The highest BCUT2D eigenvalue weighted by Gasteiger charge is 2.36. The number of methoxy groups -OCH3 is 1. The number of alkyl carbamates (subject to hydrolysis) is 1. The Hall–Kier alpha value is -4.73. The number of hydrogen-bond donors (Lipinski definition) is 4. The third kappa shape index (κ3) is 11.3. The molecule has 3 aromatic rings. The number of unbranched alkanes of at least 4 members (excludes halogenated alkanes) is 4. The molecule has 3 aromatic carbocycles. The summed E-state index contributed by atoms with van der Waals surface area (Å²) < 4.78 is 10.7. The average molecular weight is 634 g/mol. The summed E-state index contributed by atoms with van der Waals surface area (Å²) in [6, 6.07) is 17.2. The topological polar surface area (TPSA) is 137 Å². The first-order valence-electron chi connectivity index (χ1n) is 15.7. The number of aromatic hydroxyl groups is 2. The number of hydrogen-bond acceptors (Lipinski definition) is 7. The van der Waals surface area contributed by atoms with Gasteiger partial charge >= 0.3 is 6.09 Å². The number of anilines is 1. The van der Waals surface area contributed by atoms with Gasteiger partial charge in [0.1, 0.15) is 34.9 Å². The van der Waals surface area contributed by atoms with Crippen LogP contribution in [0.2, 0.25) is 0 Å². The van der Waals surface area contributed by atoms with E-state index in [-0.39, 0.29) is 24.5 Å². The van der Waals surface area contributed by atoms with Crippen molar-refractivity contribution < 1.29 is 34.1 Å². The first-order chi connectivity index (χ1) is 21.9. The summed E-state index contributed by atoms with van der Waals surface area (Å²) in [6.07, 6.45) is 3.84. The molecule has 2 atom stereocenters. The van der Waals surface area contributed by atoms with E-state index in [1.165, 1.54) is 29.2 Å². The molecule has 248 valence electrons. The van der Waals surface area contributed by atoms with Crippen LogP contribution in [-0.2, 0) is 20.7 Å². The number of carbonyl (C=O) groups is 3. The van der Waals surface area contributed by atoms with Crippen LogP contribution in [0.25, 0.3) is 0 Å². The minimum absolute atomic E-state index is 0.0531. The number of phenols is 2. The van der Waals surface area contributed by atoms with Gasteiger partial charge in [-0.15, -0.1) is 0 Å². The lowest BCUT2D eigenvalue weighted by molar-refractivity contribution is -0.140. The molecule has 2 unspecified atom stereocenters. The van der Waals surface area contributed by atoms with E-state index in [0.717, 1.165) is 25.7 Å². The number of ether oxygens (including phenoxy) is 2. The maximum absolute atomic E-state index is 14.6. The monoisotopic (exact) mass is 633 g/mol. The molecule has 0 aromatic heterocycles. The Morgan fingerprint density at radius 3 is 2.15 bits per heavy atom. The molecule has 0 saturated carbocycles. The van der Waals surface area contributed by atoms with Crippen LogP contribution < -0.4 is 15.4 Å². The van der Waals surface area contributed by atoms with Gasteiger partial charge in [-0.25, -0.2) is 4.79 Å². The SMILES string of the molecule is CCCCCCCN(C(=O)C(Cc1ccc(O)cc1)NC(=O)OC(C)(C)C)C(C(=O)Nc1ccc(OC)cc1)c1cccc(O)c1. The second-order valence-electron chi connectivity index (χ2n) is 12.2. The molecule has 46 heavy (non-hydrogen) atoms. The maximum Gasteiger partial charge on any atom is 0.408 e. The number of amides is 3. The Balaban J connectivity index is 2.06. The molecule has 3 amide bonds. The summed E-state index contributed by atoms with van der Waals surface area (Å²) in [6.45, 7) is 7.53. The van der Waals surface area contributed by atoms with E-state index in [1.807, 2.05) is 0 Å². The van der Waals surface area contributed by atoms with Crippen molar-refractivity contribution in [2.24, 2.45) is 0 Å². The highest BCUT2D eigenvalue weighted by Crippen LogP contribution is 2.28. The van der Waals surface area contributed by atoms with Crippen LogP contribution >= 0.6 is 0 Å². The molecule has 10 nitrogen and oxygen atoms in total. The summed E-state index contributed by atoms with van der Waals surface area (Å²) in [5.74, 6) is -0.343. The molecular weight excluding hydrogens is 586 g/mol. The molecule has 3 rings (SSSR count). The third-order valence-electron chi connectivity index (χ3n) is 7.25. The van der Waals surface area contributed by atoms with Gasteiger partial charge in [0, 0.05) is 18.7 Å². The summed E-state index contributed by atoms with van der Waals surface area (Å²) in [5, 5.41) is 25.9. The van der Waals surface area contributed by atoms with Crippen LogP contribution in [0.5, 0.6) is 17.2 Å². The minimum atomic E-state index is -1.14. The number of carbonyl (C=O) groups excluding carboxylic acids is 3. The van der Waals surface area contributed by atoms with Gasteiger partial charge < -0.3 is 35.2 Å². The average Bonchev–Trinajstić information content (AvgIpc) is 3.00. The van der Waals surface area contributed by atoms with E-state index in [1.54, 1.807) is 76.4 Å². The molecule has 10 heteroatoms. The van der Waals surface area contributed by atoms with E-state index < -0.39 is 35.6 Å². The van der Waals surface area contributed by atoms with Gasteiger partial charge in [0.15, 0.2) is 0 Å². The lowest BCUT2D eigenvalue weighted by Crippen LogP contribution is -2.53. The molecule has 0 bridgehead atoms. The van der Waals surface area contributed by atoms with Gasteiger partial charge in [-0.05, 0) is 86.8 Å². The quantitative estimate of drug-likeness (QED) is 0.136. The van der Waals surface area contributed by atoms with Gasteiger partial charge in [0.05, 0.1) is 7.11 Å². The van der Waals surface area contributed by atoms with Crippen LogP contribution in [0.3, 0.4) is 0 Å². The zero-order valence-corrected chi connectivity index (χ0v) is 27.4. The second-order valence-corrected chi connectivity index (χ2v) is 12.2. The zero-order chi connectivity index (χ0) is 33.7. The number of benzene rings is 3. The van der Waals surface area contributed by atoms with Crippen molar-refractivity contribution in [1.82, 2.24) is 10.2 Å². The fraction of sp³-hybridized carbons (Fsp3) is 0.417. The van der Waals surface area contributed by atoms with Gasteiger partial charge in [-0.1, -0.05) is 56.9 Å². The molecule has 4 N–H and O–H groups in total. The first-order valence-corrected chi connectivity index (χ1v) is 15.7. The van der Waals surface area contributed by atoms with Crippen LogP contribution in [0.1, 0.15) is 77.0 Å². The highest BCUT2D eigenvalue weighted by atomic mass is 16.6. The van der Waals surface area contributed by atoms with Gasteiger partial charge in [0.25, 0.3) is 5.91 Å². The molecule has 0 radical (unpaired) electrons. The molecule has 0 aliphatic heterocycles. The number of nitrogens with zero attached hydrogens (tertiary/aromatic N) is 1. The van der Waals surface area contributed by atoms with Gasteiger partial charge in [-0.2, -0.15) is 0 Å². The zero-order valence-electron chi connectivity index (χ0n) is 27.4. The highest BCUT2D eigenvalue weighted by molar-refractivity contribution is 5.99. The smallest absolute Gasteiger partial charge is 0.408 e. The normalized spacial score (nSPS) is 12.5. The van der Waals surface area contributed by atoms with E-state index in [4.69, 9.17) is 9.47 Å². The Labute approximate surface area is 271 Å². The first kappa shape index (κ1) is 35.7. The van der Waals surface area contributed by atoms with Crippen molar-refractivity contribution in [2.45, 2.75) is 83.9 Å². The Bertz CT molecular complexity index is 1420. The predicted molar refractivity (Wildman–Crippen MR) is 178 cm³/mol. The van der Waals surface area contributed by atoms with Crippen molar-refractivity contribution in [2.75, 3.05) is 19.0 Å². The fourth-order valence-corrected chi connectivity index (χ4v) is 5.02. The van der Waals surface area contributed by atoms with E-state index in [2.05, 4.69) is 17.6 Å². The fourth-order valence-electron chi connectivity index (χ4n) is 5.02. The van der Waals surface area contributed by atoms with Crippen molar-refractivity contribution in [3.63, 3.8) is 0 Å². The lowest BCUT2D eigenvalue weighted by atomic mass is 9.99.